The quantitative estimate of drug-likeness (QED) is 0.700. The van der Waals surface area contributed by atoms with Gasteiger partial charge < -0.3 is 19.5 Å². The van der Waals surface area contributed by atoms with E-state index < -0.39 is 6.04 Å². The second-order valence-corrected chi connectivity index (χ2v) is 8.22. The molecular weight excluding hydrogens is 394 g/mol. The van der Waals surface area contributed by atoms with Gasteiger partial charge in [0.1, 0.15) is 23.9 Å². The molecule has 0 bridgehead atoms. The van der Waals surface area contributed by atoms with E-state index in [1.54, 1.807) is 24.5 Å². The van der Waals surface area contributed by atoms with Crippen molar-refractivity contribution in [2.24, 2.45) is 5.92 Å². The first-order valence-electron chi connectivity index (χ1n) is 11.1. The number of carbonyl (C=O) groups excluding carboxylic acids is 2. The Morgan fingerprint density at radius 1 is 1.26 bits per heavy atom. The molecule has 8 heteroatoms. The smallest absolute Gasteiger partial charge is 0.255 e. The van der Waals surface area contributed by atoms with Crippen LogP contribution in [0.15, 0.2) is 30.6 Å². The predicted molar refractivity (Wildman–Crippen MR) is 118 cm³/mol. The Balaban J connectivity index is 1.74. The Morgan fingerprint density at radius 3 is 2.74 bits per heavy atom. The molecular formula is C23H33N5O3. The number of hydrogen-bond acceptors (Lipinski definition) is 5. The maximum atomic E-state index is 13.4. The van der Waals surface area contributed by atoms with E-state index in [0.29, 0.717) is 31.0 Å². The van der Waals surface area contributed by atoms with Gasteiger partial charge in [-0.05, 0) is 44.7 Å². The molecule has 0 radical (unpaired) electrons. The van der Waals surface area contributed by atoms with E-state index in [2.05, 4.69) is 22.4 Å². The lowest BCUT2D eigenvalue weighted by molar-refractivity contribution is -0.135. The SMILES string of the molecule is CCOc1ccccc1C(=O)NC(C(=O)N1CCCC(c2nncn2CC)C1)C(C)C. The second-order valence-electron chi connectivity index (χ2n) is 8.22. The van der Waals surface area contributed by atoms with Gasteiger partial charge in [0.15, 0.2) is 0 Å². The largest absolute Gasteiger partial charge is 0.493 e. The zero-order valence-corrected chi connectivity index (χ0v) is 18.9. The van der Waals surface area contributed by atoms with Crippen LogP contribution in [0.5, 0.6) is 5.75 Å². The van der Waals surface area contributed by atoms with E-state index in [-0.39, 0.29) is 23.7 Å². The van der Waals surface area contributed by atoms with E-state index >= 15 is 0 Å². The zero-order chi connectivity index (χ0) is 22.4. The minimum Gasteiger partial charge on any atom is -0.493 e. The standard InChI is InChI=1S/C23H33N5O3/c1-5-27-15-24-26-21(27)17-10-9-13-28(14-17)23(30)20(16(3)4)25-22(29)18-11-7-8-12-19(18)31-6-2/h7-8,11-12,15-17,20H,5-6,9-10,13-14H2,1-4H3,(H,25,29). The highest BCUT2D eigenvalue weighted by molar-refractivity contribution is 5.99. The number of hydrogen-bond donors (Lipinski definition) is 1. The Hall–Kier alpha value is -2.90. The van der Waals surface area contributed by atoms with Crippen LogP contribution in [0.4, 0.5) is 0 Å². The van der Waals surface area contributed by atoms with Gasteiger partial charge in [-0.3, -0.25) is 9.59 Å². The Kier molecular flexibility index (Phi) is 7.65. The topological polar surface area (TPSA) is 89.3 Å². The van der Waals surface area contributed by atoms with E-state index in [9.17, 15) is 9.59 Å². The van der Waals surface area contributed by atoms with Gasteiger partial charge in [-0.15, -0.1) is 10.2 Å². The molecule has 1 aromatic carbocycles. The van der Waals surface area contributed by atoms with E-state index in [1.165, 1.54) is 0 Å². The van der Waals surface area contributed by atoms with Crippen LogP contribution < -0.4 is 10.1 Å². The Bertz CT molecular complexity index is 895. The molecule has 3 rings (SSSR count). The van der Waals surface area contributed by atoms with Gasteiger partial charge in [0.25, 0.3) is 5.91 Å². The molecule has 1 aliphatic rings. The van der Waals surface area contributed by atoms with Crippen LogP contribution in [-0.2, 0) is 11.3 Å². The number of benzene rings is 1. The van der Waals surface area contributed by atoms with Crippen molar-refractivity contribution < 1.29 is 14.3 Å². The van der Waals surface area contributed by atoms with Crippen LogP contribution in [0.2, 0.25) is 0 Å². The number of aromatic nitrogens is 3. The third kappa shape index (κ3) is 5.24. The highest BCUT2D eigenvalue weighted by atomic mass is 16.5. The molecule has 2 unspecified atom stereocenters. The molecule has 0 aliphatic carbocycles. The van der Waals surface area contributed by atoms with Crippen LogP contribution in [0.3, 0.4) is 0 Å². The molecule has 1 saturated heterocycles. The molecule has 1 aromatic heterocycles. The van der Waals surface area contributed by atoms with E-state index in [4.69, 9.17) is 4.74 Å². The number of amides is 2. The van der Waals surface area contributed by atoms with Crippen molar-refractivity contribution in [3.63, 3.8) is 0 Å². The molecule has 31 heavy (non-hydrogen) atoms. The summed E-state index contributed by atoms with van der Waals surface area (Å²) < 4.78 is 7.62. The van der Waals surface area contributed by atoms with Crippen LogP contribution in [0, 0.1) is 5.92 Å². The fourth-order valence-corrected chi connectivity index (χ4v) is 4.08. The first kappa shape index (κ1) is 22.8. The molecule has 0 spiro atoms. The maximum absolute atomic E-state index is 13.4. The van der Waals surface area contributed by atoms with Gasteiger partial charge in [0, 0.05) is 25.6 Å². The number of para-hydroxylation sites is 1. The lowest BCUT2D eigenvalue weighted by Gasteiger charge is -2.35. The number of nitrogens with one attached hydrogen (secondary N) is 1. The number of nitrogens with zero attached hydrogens (tertiary/aromatic N) is 4. The summed E-state index contributed by atoms with van der Waals surface area (Å²) in [5.41, 5.74) is 0.440. The van der Waals surface area contributed by atoms with Crippen molar-refractivity contribution in [3.8, 4) is 5.75 Å². The summed E-state index contributed by atoms with van der Waals surface area (Å²) in [6.45, 7) is 10.4. The zero-order valence-electron chi connectivity index (χ0n) is 18.9. The average molecular weight is 428 g/mol. The number of aryl methyl sites for hydroxylation is 1. The average Bonchev–Trinajstić information content (AvgIpc) is 3.26. The van der Waals surface area contributed by atoms with E-state index in [1.807, 2.05) is 36.3 Å². The first-order valence-corrected chi connectivity index (χ1v) is 11.1. The van der Waals surface area contributed by atoms with Crippen LogP contribution in [-0.4, -0.2) is 57.2 Å². The van der Waals surface area contributed by atoms with Gasteiger partial charge in [-0.2, -0.15) is 0 Å². The fraction of sp³-hybridized carbons (Fsp3) is 0.565. The summed E-state index contributed by atoms with van der Waals surface area (Å²) >= 11 is 0. The molecule has 2 amide bonds. The first-order chi connectivity index (χ1) is 15.0. The summed E-state index contributed by atoms with van der Waals surface area (Å²) in [4.78, 5) is 28.3. The maximum Gasteiger partial charge on any atom is 0.255 e. The minimum absolute atomic E-state index is 0.0459. The summed E-state index contributed by atoms with van der Waals surface area (Å²) in [6, 6.07) is 6.50. The molecule has 2 aromatic rings. The van der Waals surface area contributed by atoms with Crippen LogP contribution in [0.25, 0.3) is 0 Å². The fourth-order valence-electron chi connectivity index (χ4n) is 4.08. The van der Waals surface area contributed by atoms with Crippen LogP contribution >= 0.6 is 0 Å². The van der Waals surface area contributed by atoms with E-state index in [0.717, 1.165) is 25.2 Å². The van der Waals surface area contributed by atoms with Gasteiger partial charge in [-0.25, -0.2) is 0 Å². The molecule has 0 saturated carbocycles. The predicted octanol–water partition coefficient (Wildman–Crippen LogP) is 2.86. The monoisotopic (exact) mass is 427 g/mol. The third-order valence-electron chi connectivity index (χ3n) is 5.74. The van der Waals surface area contributed by atoms with Gasteiger partial charge >= 0.3 is 0 Å². The highest BCUT2D eigenvalue weighted by Gasteiger charge is 2.34. The summed E-state index contributed by atoms with van der Waals surface area (Å²) in [5.74, 6) is 1.21. The van der Waals surface area contributed by atoms with Crippen molar-refractivity contribution in [1.29, 1.82) is 0 Å². The van der Waals surface area contributed by atoms with Crippen molar-refractivity contribution >= 4 is 11.8 Å². The van der Waals surface area contributed by atoms with Crippen molar-refractivity contribution in [2.45, 2.75) is 59.0 Å². The molecule has 1 aliphatic heterocycles. The molecule has 8 nitrogen and oxygen atoms in total. The van der Waals surface area contributed by atoms with Crippen molar-refractivity contribution in [3.05, 3.63) is 42.0 Å². The number of likely N-dealkylation sites (tertiary alicyclic amines) is 1. The lowest BCUT2D eigenvalue weighted by Crippen LogP contribution is -2.53. The molecule has 1 N–H and O–H groups in total. The Labute approximate surface area is 184 Å². The molecule has 2 atom stereocenters. The number of carbonyl (C=O) groups is 2. The Morgan fingerprint density at radius 2 is 2.03 bits per heavy atom. The number of rotatable bonds is 8. The summed E-state index contributed by atoms with van der Waals surface area (Å²) in [7, 11) is 0. The van der Waals surface area contributed by atoms with Gasteiger partial charge in [0.05, 0.1) is 12.2 Å². The molecule has 1 fully saturated rings. The summed E-state index contributed by atoms with van der Waals surface area (Å²) in [6.07, 6.45) is 3.62. The second kappa shape index (κ2) is 10.4. The van der Waals surface area contributed by atoms with Crippen LogP contribution in [0.1, 0.15) is 62.6 Å². The molecule has 168 valence electrons. The minimum atomic E-state index is -0.607. The summed E-state index contributed by atoms with van der Waals surface area (Å²) in [5, 5.41) is 11.3. The number of piperidine rings is 1. The van der Waals surface area contributed by atoms with Crippen molar-refractivity contribution in [2.75, 3.05) is 19.7 Å². The van der Waals surface area contributed by atoms with Crippen molar-refractivity contribution in [1.82, 2.24) is 25.0 Å². The number of ether oxygens (including phenoxy) is 1. The third-order valence-corrected chi connectivity index (χ3v) is 5.74. The molecule has 2 heterocycles. The van der Waals surface area contributed by atoms with Gasteiger partial charge in [-0.1, -0.05) is 26.0 Å². The normalized spacial score (nSPS) is 17.5. The lowest BCUT2D eigenvalue weighted by atomic mass is 9.94. The van der Waals surface area contributed by atoms with Gasteiger partial charge in [0.2, 0.25) is 5.91 Å². The highest BCUT2D eigenvalue weighted by Crippen LogP contribution is 2.26.